The molecule has 0 heterocycles. The molecule has 1 aliphatic carbocycles. The molecule has 0 aromatic heterocycles. The lowest BCUT2D eigenvalue weighted by Gasteiger charge is -2.24. The first-order chi connectivity index (χ1) is 9.13. The third-order valence-electron chi connectivity index (χ3n) is 3.81. The first-order valence-corrected chi connectivity index (χ1v) is 7.14. The molecule has 1 unspecified atom stereocenters. The molecule has 1 saturated carbocycles. The number of nitrogens with zero attached hydrogens (tertiary/aromatic N) is 1. The van der Waals surface area contributed by atoms with Crippen molar-refractivity contribution < 1.29 is 9.18 Å². The van der Waals surface area contributed by atoms with Gasteiger partial charge in [-0.1, -0.05) is 25.5 Å². The molecule has 1 amide bonds. The molecule has 2 rings (SSSR count). The number of amides is 1. The summed E-state index contributed by atoms with van der Waals surface area (Å²) >= 11 is 0. The number of hydrogen-bond acceptors (Lipinski definition) is 1. The standard InChI is InChI=1S/C16H22FNO/c1-3-4-11-18(2)16(19)15(12-5-6-12)13-7-9-14(17)10-8-13/h7-10,12,15H,3-6,11H2,1-2H3. The summed E-state index contributed by atoms with van der Waals surface area (Å²) in [5.74, 6) is 0.303. The van der Waals surface area contributed by atoms with Gasteiger partial charge in [0.15, 0.2) is 0 Å². The maximum Gasteiger partial charge on any atom is 0.230 e. The van der Waals surface area contributed by atoms with Crippen LogP contribution in [0.3, 0.4) is 0 Å². The normalized spacial score (nSPS) is 16.2. The summed E-state index contributed by atoms with van der Waals surface area (Å²) in [7, 11) is 1.87. The second-order valence-electron chi connectivity index (χ2n) is 5.48. The lowest BCUT2D eigenvalue weighted by Crippen LogP contribution is -2.33. The van der Waals surface area contributed by atoms with Gasteiger partial charge in [-0.25, -0.2) is 4.39 Å². The number of halogens is 1. The van der Waals surface area contributed by atoms with Gasteiger partial charge in [0.25, 0.3) is 0 Å². The number of hydrogen-bond donors (Lipinski definition) is 0. The highest BCUT2D eigenvalue weighted by molar-refractivity contribution is 5.84. The van der Waals surface area contributed by atoms with E-state index in [2.05, 4.69) is 6.92 Å². The molecule has 2 nitrogen and oxygen atoms in total. The summed E-state index contributed by atoms with van der Waals surface area (Å²) in [5, 5.41) is 0. The van der Waals surface area contributed by atoms with Crippen LogP contribution in [-0.2, 0) is 4.79 Å². The van der Waals surface area contributed by atoms with E-state index in [9.17, 15) is 9.18 Å². The summed E-state index contributed by atoms with van der Waals surface area (Å²) in [5.41, 5.74) is 0.956. The second-order valence-corrected chi connectivity index (χ2v) is 5.48. The van der Waals surface area contributed by atoms with Gasteiger partial charge in [-0.3, -0.25) is 4.79 Å². The van der Waals surface area contributed by atoms with Gasteiger partial charge in [-0.05, 0) is 42.9 Å². The van der Waals surface area contributed by atoms with Gasteiger partial charge < -0.3 is 4.90 Å². The van der Waals surface area contributed by atoms with Gasteiger partial charge in [-0.2, -0.15) is 0 Å². The number of unbranched alkanes of at least 4 members (excludes halogenated alkanes) is 1. The van der Waals surface area contributed by atoms with Crippen LogP contribution in [-0.4, -0.2) is 24.4 Å². The van der Waals surface area contributed by atoms with Crippen LogP contribution in [0.2, 0.25) is 0 Å². The molecule has 1 aromatic rings. The number of carbonyl (C=O) groups is 1. The molecule has 1 aromatic carbocycles. The number of carbonyl (C=O) groups excluding carboxylic acids is 1. The predicted molar refractivity (Wildman–Crippen MR) is 74.4 cm³/mol. The highest BCUT2D eigenvalue weighted by atomic mass is 19.1. The number of benzene rings is 1. The Balaban J connectivity index is 2.11. The molecule has 104 valence electrons. The summed E-state index contributed by atoms with van der Waals surface area (Å²) in [6.07, 6.45) is 4.33. The molecule has 3 heteroatoms. The molecule has 0 spiro atoms. The van der Waals surface area contributed by atoms with E-state index in [1.54, 1.807) is 12.1 Å². The SMILES string of the molecule is CCCCN(C)C(=O)C(c1ccc(F)cc1)C1CC1. The average molecular weight is 263 g/mol. The fourth-order valence-electron chi connectivity index (χ4n) is 2.46. The van der Waals surface area contributed by atoms with Crippen molar-refractivity contribution in [1.82, 2.24) is 4.90 Å². The van der Waals surface area contributed by atoms with Crippen LogP contribution in [0, 0.1) is 11.7 Å². The molecule has 1 fully saturated rings. The van der Waals surface area contributed by atoms with Gasteiger partial charge in [-0.15, -0.1) is 0 Å². The van der Waals surface area contributed by atoms with Gasteiger partial charge >= 0.3 is 0 Å². The first kappa shape index (κ1) is 14.0. The van der Waals surface area contributed by atoms with Crippen LogP contribution in [0.15, 0.2) is 24.3 Å². The van der Waals surface area contributed by atoms with Gasteiger partial charge in [0.1, 0.15) is 5.82 Å². The summed E-state index contributed by atoms with van der Waals surface area (Å²) < 4.78 is 13.0. The van der Waals surface area contributed by atoms with E-state index in [0.29, 0.717) is 5.92 Å². The Morgan fingerprint density at radius 3 is 2.53 bits per heavy atom. The Kier molecular flexibility index (Phi) is 4.56. The molecule has 0 N–H and O–H groups in total. The monoisotopic (exact) mass is 263 g/mol. The summed E-state index contributed by atoms with van der Waals surface area (Å²) in [4.78, 5) is 14.4. The van der Waals surface area contributed by atoms with Crippen molar-refractivity contribution in [2.75, 3.05) is 13.6 Å². The van der Waals surface area contributed by atoms with Crippen molar-refractivity contribution in [3.63, 3.8) is 0 Å². The van der Waals surface area contributed by atoms with E-state index >= 15 is 0 Å². The van der Waals surface area contributed by atoms with Crippen molar-refractivity contribution in [3.05, 3.63) is 35.6 Å². The minimum Gasteiger partial charge on any atom is -0.345 e. The minimum absolute atomic E-state index is 0.0811. The minimum atomic E-state index is -0.245. The van der Waals surface area contributed by atoms with Gasteiger partial charge in [0.2, 0.25) is 5.91 Å². The quantitative estimate of drug-likeness (QED) is 0.768. The fourth-order valence-corrected chi connectivity index (χ4v) is 2.46. The van der Waals surface area contributed by atoms with E-state index < -0.39 is 0 Å². The molecular formula is C16H22FNO. The van der Waals surface area contributed by atoms with Gasteiger partial charge in [0, 0.05) is 13.6 Å². The van der Waals surface area contributed by atoms with Crippen molar-refractivity contribution in [3.8, 4) is 0 Å². The molecular weight excluding hydrogens is 241 g/mol. The third kappa shape index (κ3) is 3.55. The van der Waals surface area contributed by atoms with Crippen LogP contribution < -0.4 is 0 Å². The summed E-state index contributed by atoms with van der Waals surface area (Å²) in [6, 6.07) is 6.40. The second kappa shape index (κ2) is 6.18. The van der Waals surface area contributed by atoms with Crippen molar-refractivity contribution in [2.45, 2.75) is 38.5 Å². The van der Waals surface area contributed by atoms with E-state index in [1.165, 1.54) is 12.1 Å². The molecule has 1 atom stereocenters. The molecule has 0 bridgehead atoms. The molecule has 0 radical (unpaired) electrons. The van der Waals surface area contributed by atoms with Crippen molar-refractivity contribution >= 4 is 5.91 Å². The van der Waals surface area contributed by atoms with Gasteiger partial charge in [0.05, 0.1) is 5.92 Å². The topological polar surface area (TPSA) is 20.3 Å². The zero-order valence-electron chi connectivity index (χ0n) is 11.7. The Hall–Kier alpha value is -1.38. The van der Waals surface area contributed by atoms with Crippen LogP contribution in [0.5, 0.6) is 0 Å². The zero-order valence-corrected chi connectivity index (χ0v) is 11.7. The smallest absolute Gasteiger partial charge is 0.230 e. The van der Waals surface area contributed by atoms with Crippen LogP contribution in [0.25, 0.3) is 0 Å². The molecule has 1 aliphatic rings. The van der Waals surface area contributed by atoms with E-state index in [-0.39, 0.29) is 17.6 Å². The Morgan fingerprint density at radius 1 is 1.37 bits per heavy atom. The molecule has 0 saturated heterocycles. The van der Waals surface area contributed by atoms with Crippen molar-refractivity contribution in [2.24, 2.45) is 5.92 Å². The summed E-state index contributed by atoms with van der Waals surface area (Å²) in [6.45, 7) is 2.93. The predicted octanol–water partition coefficient (Wildman–Crippen LogP) is 3.58. The van der Waals surface area contributed by atoms with Crippen LogP contribution >= 0.6 is 0 Å². The Bertz CT molecular complexity index is 425. The maximum absolute atomic E-state index is 13.0. The average Bonchev–Trinajstić information content (AvgIpc) is 3.23. The van der Waals surface area contributed by atoms with E-state index in [0.717, 1.165) is 37.8 Å². The number of likely N-dealkylation sites (N-methyl/N-ethyl adjacent to an activating group) is 1. The van der Waals surface area contributed by atoms with Crippen molar-refractivity contribution in [1.29, 1.82) is 0 Å². The lowest BCUT2D eigenvalue weighted by molar-refractivity contribution is -0.132. The van der Waals surface area contributed by atoms with Crippen LogP contribution in [0.1, 0.15) is 44.1 Å². The largest absolute Gasteiger partial charge is 0.345 e. The third-order valence-corrected chi connectivity index (χ3v) is 3.81. The zero-order chi connectivity index (χ0) is 13.8. The lowest BCUT2D eigenvalue weighted by atomic mass is 9.92. The fraction of sp³-hybridized carbons (Fsp3) is 0.562. The highest BCUT2D eigenvalue weighted by Crippen LogP contribution is 2.43. The Labute approximate surface area is 114 Å². The highest BCUT2D eigenvalue weighted by Gasteiger charge is 2.38. The van der Waals surface area contributed by atoms with E-state index in [4.69, 9.17) is 0 Å². The van der Waals surface area contributed by atoms with Crippen LogP contribution in [0.4, 0.5) is 4.39 Å². The molecule has 19 heavy (non-hydrogen) atoms. The number of rotatable bonds is 6. The first-order valence-electron chi connectivity index (χ1n) is 7.14. The maximum atomic E-state index is 13.0. The molecule has 0 aliphatic heterocycles. The Morgan fingerprint density at radius 2 is 2.00 bits per heavy atom. The van der Waals surface area contributed by atoms with E-state index in [1.807, 2.05) is 11.9 Å².